The molecule has 1 nitrogen and oxygen atoms in total. The van der Waals surface area contributed by atoms with Gasteiger partial charge in [-0.05, 0) is 37.1 Å². The number of nitrogens with two attached hydrogens (primary N) is 1. The highest BCUT2D eigenvalue weighted by atomic mass is 79.9. The van der Waals surface area contributed by atoms with Gasteiger partial charge in [-0.3, -0.25) is 0 Å². The van der Waals surface area contributed by atoms with E-state index in [1.165, 1.54) is 20.9 Å². The van der Waals surface area contributed by atoms with Gasteiger partial charge in [0.2, 0.25) is 0 Å². The molecule has 2 rings (SSSR count). The van der Waals surface area contributed by atoms with Crippen LogP contribution in [0.25, 0.3) is 0 Å². The first-order chi connectivity index (χ1) is 8.60. The maximum Gasteiger partial charge on any atom is 0.0355 e. The molecule has 1 unspecified atom stereocenters. The van der Waals surface area contributed by atoms with Crippen LogP contribution in [0.15, 0.2) is 34.8 Å². The van der Waals surface area contributed by atoms with Crippen LogP contribution in [0.2, 0.25) is 0 Å². The molecule has 0 aliphatic carbocycles. The van der Waals surface area contributed by atoms with Crippen LogP contribution >= 0.6 is 27.3 Å². The number of thiophene rings is 1. The zero-order valence-corrected chi connectivity index (χ0v) is 13.1. The van der Waals surface area contributed by atoms with E-state index in [1.807, 2.05) is 11.3 Å². The van der Waals surface area contributed by atoms with Gasteiger partial charge >= 0.3 is 0 Å². The Morgan fingerprint density at radius 3 is 2.61 bits per heavy atom. The van der Waals surface area contributed by atoms with Gasteiger partial charge in [0.15, 0.2) is 0 Å². The lowest BCUT2D eigenvalue weighted by Gasteiger charge is -2.13. The van der Waals surface area contributed by atoms with Crippen molar-refractivity contribution in [2.75, 3.05) is 0 Å². The zero-order chi connectivity index (χ0) is 13.1. The van der Waals surface area contributed by atoms with Gasteiger partial charge in [0.05, 0.1) is 0 Å². The quantitative estimate of drug-likeness (QED) is 0.872. The summed E-state index contributed by atoms with van der Waals surface area (Å²) >= 11 is 5.46. The SMILES string of the molecule is CCc1ccc(CC(N)c2cc(C)ccc2Br)s1. The van der Waals surface area contributed by atoms with Crippen LogP contribution in [0.5, 0.6) is 0 Å². The third kappa shape index (κ3) is 3.22. The van der Waals surface area contributed by atoms with E-state index < -0.39 is 0 Å². The highest BCUT2D eigenvalue weighted by Gasteiger charge is 2.12. The third-order valence-corrected chi connectivity index (χ3v) is 5.01. The van der Waals surface area contributed by atoms with Crippen molar-refractivity contribution in [2.24, 2.45) is 5.73 Å². The zero-order valence-electron chi connectivity index (χ0n) is 10.7. The van der Waals surface area contributed by atoms with Gasteiger partial charge in [-0.2, -0.15) is 0 Å². The number of aryl methyl sites for hydroxylation is 2. The van der Waals surface area contributed by atoms with Gasteiger partial charge in [0.1, 0.15) is 0 Å². The van der Waals surface area contributed by atoms with Crippen molar-refractivity contribution in [3.8, 4) is 0 Å². The van der Waals surface area contributed by atoms with Gasteiger partial charge in [0.25, 0.3) is 0 Å². The molecule has 3 heteroatoms. The fourth-order valence-corrected chi connectivity index (χ4v) is 3.55. The van der Waals surface area contributed by atoms with E-state index in [-0.39, 0.29) is 6.04 Å². The second kappa shape index (κ2) is 6.00. The molecule has 0 amide bonds. The molecular formula is C15H18BrNS. The summed E-state index contributed by atoms with van der Waals surface area (Å²) in [6.45, 7) is 4.29. The molecule has 2 aromatic rings. The van der Waals surface area contributed by atoms with E-state index in [0.717, 1.165) is 17.3 Å². The topological polar surface area (TPSA) is 26.0 Å². The van der Waals surface area contributed by atoms with E-state index in [2.05, 4.69) is 60.1 Å². The molecule has 96 valence electrons. The van der Waals surface area contributed by atoms with Crippen LogP contribution in [0.4, 0.5) is 0 Å². The van der Waals surface area contributed by atoms with Crippen molar-refractivity contribution in [2.45, 2.75) is 32.7 Å². The molecule has 0 radical (unpaired) electrons. The Balaban J connectivity index is 2.16. The lowest BCUT2D eigenvalue weighted by atomic mass is 10.0. The van der Waals surface area contributed by atoms with Gasteiger partial charge in [-0.25, -0.2) is 0 Å². The van der Waals surface area contributed by atoms with E-state index in [9.17, 15) is 0 Å². The first-order valence-electron chi connectivity index (χ1n) is 6.19. The van der Waals surface area contributed by atoms with Gasteiger partial charge < -0.3 is 5.73 Å². The minimum Gasteiger partial charge on any atom is -0.324 e. The summed E-state index contributed by atoms with van der Waals surface area (Å²) in [6, 6.07) is 10.8. The van der Waals surface area contributed by atoms with Crippen molar-refractivity contribution in [3.05, 3.63) is 55.7 Å². The van der Waals surface area contributed by atoms with Crippen LogP contribution in [0.1, 0.15) is 33.8 Å². The van der Waals surface area contributed by atoms with Crippen LogP contribution in [0, 0.1) is 6.92 Å². The van der Waals surface area contributed by atoms with Crippen LogP contribution in [0.3, 0.4) is 0 Å². The Bertz CT molecular complexity index is 533. The Morgan fingerprint density at radius 1 is 1.22 bits per heavy atom. The first-order valence-corrected chi connectivity index (χ1v) is 7.80. The predicted octanol–water partition coefficient (Wildman–Crippen LogP) is 4.62. The minimum atomic E-state index is 0.0580. The maximum absolute atomic E-state index is 6.32. The van der Waals surface area contributed by atoms with Crippen molar-refractivity contribution >= 4 is 27.3 Å². The second-order valence-corrected chi connectivity index (χ2v) is 6.66. The summed E-state index contributed by atoms with van der Waals surface area (Å²) in [6.07, 6.45) is 2.01. The van der Waals surface area contributed by atoms with Crippen molar-refractivity contribution < 1.29 is 0 Å². The molecule has 2 N–H and O–H groups in total. The summed E-state index contributed by atoms with van der Waals surface area (Å²) in [5, 5.41) is 0. The summed E-state index contributed by atoms with van der Waals surface area (Å²) < 4.78 is 1.10. The molecule has 0 fully saturated rings. The van der Waals surface area contributed by atoms with Crippen molar-refractivity contribution in [1.29, 1.82) is 0 Å². The molecule has 0 saturated carbocycles. The van der Waals surface area contributed by atoms with Crippen LogP contribution in [-0.2, 0) is 12.8 Å². The average Bonchev–Trinajstić information content (AvgIpc) is 2.80. The largest absolute Gasteiger partial charge is 0.324 e. The van der Waals surface area contributed by atoms with E-state index in [4.69, 9.17) is 5.73 Å². The van der Waals surface area contributed by atoms with E-state index in [1.54, 1.807) is 0 Å². The molecule has 0 spiro atoms. The Morgan fingerprint density at radius 2 is 1.94 bits per heavy atom. The normalized spacial score (nSPS) is 12.7. The molecule has 1 aromatic heterocycles. The molecule has 1 heterocycles. The maximum atomic E-state index is 6.32. The molecule has 0 aliphatic rings. The Labute approximate surface area is 121 Å². The molecule has 0 aliphatic heterocycles. The van der Waals surface area contributed by atoms with Gasteiger partial charge in [0, 0.05) is 26.7 Å². The summed E-state index contributed by atoms with van der Waals surface area (Å²) in [7, 11) is 0. The number of benzene rings is 1. The summed E-state index contributed by atoms with van der Waals surface area (Å²) in [4.78, 5) is 2.80. The second-order valence-electron chi connectivity index (χ2n) is 4.56. The predicted molar refractivity (Wildman–Crippen MR) is 83.2 cm³/mol. The number of hydrogen-bond donors (Lipinski definition) is 1. The number of hydrogen-bond acceptors (Lipinski definition) is 2. The standard InChI is InChI=1S/C15H18BrNS/c1-3-11-5-6-12(18-11)9-15(17)13-8-10(2)4-7-14(13)16/h4-8,15H,3,9,17H2,1-2H3. The molecule has 18 heavy (non-hydrogen) atoms. The Hall–Kier alpha value is -0.640. The van der Waals surface area contributed by atoms with Crippen LogP contribution < -0.4 is 5.73 Å². The lowest BCUT2D eigenvalue weighted by molar-refractivity contribution is 0.726. The highest BCUT2D eigenvalue weighted by molar-refractivity contribution is 9.10. The monoisotopic (exact) mass is 323 g/mol. The summed E-state index contributed by atoms with van der Waals surface area (Å²) in [5.74, 6) is 0. The number of halogens is 1. The molecule has 0 saturated heterocycles. The molecule has 1 atom stereocenters. The average molecular weight is 324 g/mol. The molecule has 1 aromatic carbocycles. The fourth-order valence-electron chi connectivity index (χ4n) is 2.00. The lowest BCUT2D eigenvalue weighted by Crippen LogP contribution is -2.13. The summed E-state index contributed by atoms with van der Waals surface area (Å²) in [5.41, 5.74) is 8.77. The van der Waals surface area contributed by atoms with E-state index in [0.29, 0.717) is 0 Å². The Kier molecular flexibility index (Phi) is 4.60. The first kappa shape index (κ1) is 13.8. The van der Waals surface area contributed by atoms with Crippen molar-refractivity contribution in [1.82, 2.24) is 0 Å². The van der Waals surface area contributed by atoms with Gasteiger partial charge in [-0.15, -0.1) is 11.3 Å². The minimum absolute atomic E-state index is 0.0580. The van der Waals surface area contributed by atoms with Crippen LogP contribution in [-0.4, -0.2) is 0 Å². The van der Waals surface area contributed by atoms with Crippen molar-refractivity contribution in [3.63, 3.8) is 0 Å². The molecule has 0 bridgehead atoms. The molecular weight excluding hydrogens is 306 g/mol. The third-order valence-electron chi connectivity index (χ3n) is 3.04. The number of rotatable bonds is 4. The smallest absolute Gasteiger partial charge is 0.0355 e. The van der Waals surface area contributed by atoms with Gasteiger partial charge in [-0.1, -0.05) is 40.5 Å². The van der Waals surface area contributed by atoms with E-state index >= 15 is 0 Å². The highest BCUT2D eigenvalue weighted by Crippen LogP contribution is 2.28. The fraction of sp³-hybridized carbons (Fsp3) is 0.333.